The minimum atomic E-state index is -0.471. The molecule has 1 aromatic heterocycles. The first kappa shape index (κ1) is 17.9. The summed E-state index contributed by atoms with van der Waals surface area (Å²) < 4.78 is 23.9. The Morgan fingerprint density at radius 3 is 2.77 bits per heavy atom. The number of methoxy groups -OCH3 is 2. The number of rotatable bonds is 6. The number of aromatic amines is 1. The third-order valence-electron chi connectivity index (χ3n) is 4.16. The largest absolute Gasteiger partial charge is 0.494 e. The zero-order valence-electron chi connectivity index (χ0n) is 14.9. The van der Waals surface area contributed by atoms with E-state index in [-0.39, 0.29) is 11.7 Å². The van der Waals surface area contributed by atoms with Crippen LogP contribution in [0.2, 0.25) is 0 Å². The molecule has 2 aromatic carbocycles. The molecule has 1 heterocycles. The first-order chi connectivity index (χ1) is 12.6. The summed E-state index contributed by atoms with van der Waals surface area (Å²) in [7, 11) is 2.99. The third kappa shape index (κ3) is 3.25. The van der Waals surface area contributed by atoms with Gasteiger partial charge in [0.05, 0.1) is 31.1 Å². The first-order valence-corrected chi connectivity index (χ1v) is 8.19. The first-order valence-electron chi connectivity index (χ1n) is 8.19. The smallest absolute Gasteiger partial charge is 0.258 e. The van der Waals surface area contributed by atoms with Gasteiger partial charge in [0.25, 0.3) is 5.91 Å². The highest BCUT2D eigenvalue weighted by molar-refractivity contribution is 6.08. The maximum atomic E-state index is 13.7. The number of nitrogens with one attached hydrogen (secondary N) is 1. The van der Waals surface area contributed by atoms with Gasteiger partial charge in [0, 0.05) is 36.5 Å². The molecule has 0 aliphatic heterocycles. The maximum absolute atomic E-state index is 13.7. The van der Waals surface area contributed by atoms with Gasteiger partial charge in [0.15, 0.2) is 11.6 Å². The molecule has 1 amide bonds. The Morgan fingerprint density at radius 1 is 1.27 bits per heavy atom. The lowest BCUT2D eigenvalue weighted by molar-refractivity contribution is 0.0988. The van der Waals surface area contributed by atoms with Crippen LogP contribution in [0.1, 0.15) is 22.8 Å². The van der Waals surface area contributed by atoms with Crippen LogP contribution in [0.4, 0.5) is 10.1 Å². The average Bonchev–Trinajstić information content (AvgIpc) is 3.12. The van der Waals surface area contributed by atoms with E-state index < -0.39 is 5.82 Å². The number of carbonyl (C=O) groups is 1. The normalized spacial score (nSPS) is 10.9. The van der Waals surface area contributed by atoms with E-state index in [9.17, 15) is 9.18 Å². The number of hydrogen-bond donors (Lipinski definition) is 1. The summed E-state index contributed by atoms with van der Waals surface area (Å²) in [5.74, 6) is -0.575. The molecular formula is C19H20FN3O3. The SMILES string of the molecule is CCN(C(=O)c1cc(COC)c2nc[nH]c2c1)c1ccc(F)c(OC)c1. The number of nitrogens with zero attached hydrogens (tertiary/aromatic N) is 2. The second kappa shape index (κ2) is 7.53. The number of aromatic nitrogens is 2. The van der Waals surface area contributed by atoms with Crippen molar-refractivity contribution < 1.29 is 18.7 Å². The van der Waals surface area contributed by atoms with Crippen molar-refractivity contribution in [3.8, 4) is 5.75 Å². The number of benzene rings is 2. The van der Waals surface area contributed by atoms with Crippen LogP contribution >= 0.6 is 0 Å². The van der Waals surface area contributed by atoms with Crippen molar-refractivity contribution in [2.75, 3.05) is 25.7 Å². The Morgan fingerprint density at radius 2 is 2.08 bits per heavy atom. The Hall–Kier alpha value is -2.93. The molecule has 3 rings (SSSR count). The molecule has 26 heavy (non-hydrogen) atoms. The van der Waals surface area contributed by atoms with E-state index in [0.29, 0.717) is 24.4 Å². The Balaban J connectivity index is 2.02. The van der Waals surface area contributed by atoms with E-state index in [0.717, 1.165) is 16.6 Å². The number of fused-ring (bicyclic) bond motifs is 1. The fourth-order valence-electron chi connectivity index (χ4n) is 2.93. The highest BCUT2D eigenvalue weighted by Gasteiger charge is 2.20. The third-order valence-corrected chi connectivity index (χ3v) is 4.16. The van der Waals surface area contributed by atoms with Gasteiger partial charge in [-0.2, -0.15) is 0 Å². The molecule has 0 saturated carbocycles. The van der Waals surface area contributed by atoms with Crippen molar-refractivity contribution in [3.63, 3.8) is 0 Å². The second-order valence-electron chi connectivity index (χ2n) is 5.74. The van der Waals surface area contributed by atoms with Crippen molar-refractivity contribution in [2.45, 2.75) is 13.5 Å². The zero-order chi connectivity index (χ0) is 18.7. The number of H-pyrrole nitrogens is 1. The van der Waals surface area contributed by atoms with Crippen molar-refractivity contribution in [1.29, 1.82) is 0 Å². The standard InChI is InChI=1S/C19H20FN3O3/c1-4-23(14-5-6-15(20)17(9-14)26-3)19(24)12-7-13(10-25-2)18-16(8-12)21-11-22-18/h5-9,11H,4,10H2,1-3H3,(H,21,22). The van der Waals surface area contributed by atoms with Crippen molar-refractivity contribution in [3.05, 3.63) is 53.6 Å². The number of anilines is 1. The summed E-state index contributed by atoms with van der Waals surface area (Å²) in [6.07, 6.45) is 1.58. The molecule has 0 bridgehead atoms. The van der Waals surface area contributed by atoms with Crippen LogP contribution in [0.25, 0.3) is 11.0 Å². The van der Waals surface area contributed by atoms with Gasteiger partial charge in [-0.1, -0.05) is 0 Å². The number of halogens is 1. The molecule has 0 aliphatic rings. The number of amides is 1. The molecule has 0 aliphatic carbocycles. The zero-order valence-corrected chi connectivity index (χ0v) is 14.9. The number of hydrogen-bond acceptors (Lipinski definition) is 4. The molecular weight excluding hydrogens is 337 g/mol. The fraction of sp³-hybridized carbons (Fsp3) is 0.263. The van der Waals surface area contributed by atoms with Crippen LogP contribution in [-0.2, 0) is 11.3 Å². The fourth-order valence-corrected chi connectivity index (χ4v) is 2.93. The minimum absolute atomic E-state index is 0.0952. The molecule has 0 spiro atoms. The highest BCUT2D eigenvalue weighted by Crippen LogP contribution is 2.27. The van der Waals surface area contributed by atoms with Crippen LogP contribution in [-0.4, -0.2) is 36.6 Å². The lowest BCUT2D eigenvalue weighted by Crippen LogP contribution is -2.30. The molecule has 1 N–H and O–H groups in total. The Kier molecular flexibility index (Phi) is 5.18. The average molecular weight is 357 g/mol. The quantitative estimate of drug-likeness (QED) is 0.733. The summed E-state index contributed by atoms with van der Waals surface area (Å²) >= 11 is 0. The molecule has 0 fully saturated rings. The van der Waals surface area contributed by atoms with Crippen LogP contribution < -0.4 is 9.64 Å². The summed E-state index contributed by atoms with van der Waals surface area (Å²) in [6.45, 7) is 2.63. The molecule has 6 nitrogen and oxygen atoms in total. The van der Waals surface area contributed by atoms with Crippen LogP contribution in [0.3, 0.4) is 0 Å². The lowest BCUT2D eigenvalue weighted by atomic mass is 10.1. The van der Waals surface area contributed by atoms with Crippen molar-refractivity contribution in [1.82, 2.24) is 9.97 Å². The van der Waals surface area contributed by atoms with Gasteiger partial charge in [-0.25, -0.2) is 9.37 Å². The van der Waals surface area contributed by atoms with E-state index in [1.54, 1.807) is 36.5 Å². The summed E-state index contributed by atoms with van der Waals surface area (Å²) in [6, 6.07) is 7.90. The van der Waals surface area contributed by atoms with Crippen LogP contribution in [0, 0.1) is 5.82 Å². The van der Waals surface area contributed by atoms with Gasteiger partial charge in [-0.3, -0.25) is 4.79 Å². The van der Waals surface area contributed by atoms with E-state index in [2.05, 4.69) is 9.97 Å². The minimum Gasteiger partial charge on any atom is -0.494 e. The van der Waals surface area contributed by atoms with E-state index in [1.165, 1.54) is 19.2 Å². The number of imidazole rings is 1. The van der Waals surface area contributed by atoms with E-state index in [4.69, 9.17) is 9.47 Å². The topological polar surface area (TPSA) is 67.5 Å². The summed E-state index contributed by atoms with van der Waals surface area (Å²) in [4.78, 5) is 22.0. The monoisotopic (exact) mass is 357 g/mol. The Bertz CT molecular complexity index is 939. The van der Waals surface area contributed by atoms with Gasteiger partial charge >= 0.3 is 0 Å². The summed E-state index contributed by atoms with van der Waals surface area (Å²) in [5, 5.41) is 0. The molecule has 7 heteroatoms. The van der Waals surface area contributed by atoms with Gasteiger partial charge in [0.1, 0.15) is 0 Å². The molecule has 0 radical (unpaired) electrons. The summed E-state index contributed by atoms with van der Waals surface area (Å²) in [5.41, 5.74) is 3.42. The molecule has 0 atom stereocenters. The van der Waals surface area contributed by atoms with Gasteiger partial charge in [0.2, 0.25) is 0 Å². The predicted molar refractivity (Wildman–Crippen MR) is 97.1 cm³/mol. The molecule has 0 saturated heterocycles. The number of ether oxygens (including phenoxy) is 2. The van der Waals surface area contributed by atoms with Crippen molar-refractivity contribution in [2.24, 2.45) is 0 Å². The van der Waals surface area contributed by atoms with E-state index >= 15 is 0 Å². The molecule has 0 unspecified atom stereocenters. The maximum Gasteiger partial charge on any atom is 0.258 e. The van der Waals surface area contributed by atoms with Crippen LogP contribution in [0.5, 0.6) is 5.75 Å². The Labute approximate surface area is 150 Å². The van der Waals surface area contributed by atoms with Gasteiger partial charge in [-0.15, -0.1) is 0 Å². The predicted octanol–water partition coefficient (Wildman–Crippen LogP) is 3.52. The highest BCUT2D eigenvalue weighted by atomic mass is 19.1. The molecule has 136 valence electrons. The molecule has 3 aromatic rings. The number of carbonyl (C=O) groups excluding carboxylic acids is 1. The van der Waals surface area contributed by atoms with E-state index in [1.807, 2.05) is 6.92 Å². The van der Waals surface area contributed by atoms with Gasteiger partial charge in [-0.05, 0) is 31.2 Å². The lowest BCUT2D eigenvalue weighted by Gasteiger charge is -2.22. The van der Waals surface area contributed by atoms with Crippen molar-refractivity contribution >= 4 is 22.6 Å². The van der Waals surface area contributed by atoms with Crippen LogP contribution in [0.15, 0.2) is 36.7 Å². The van der Waals surface area contributed by atoms with Gasteiger partial charge < -0.3 is 19.4 Å². The second-order valence-corrected chi connectivity index (χ2v) is 5.74.